The molecule has 0 radical (unpaired) electrons. The molecule has 0 amide bonds. The van der Waals surface area contributed by atoms with Gasteiger partial charge in [-0.1, -0.05) is 30.3 Å². The number of ether oxygens (including phenoxy) is 2. The highest BCUT2D eigenvalue weighted by atomic mass is 16.5. The Morgan fingerprint density at radius 3 is 2.39 bits per heavy atom. The Labute approximate surface area is 132 Å². The lowest BCUT2D eigenvalue weighted by molar-refractivity contribution is -0.139. The number of carboxylic acids is 1. The van der Waals surface area contributed by atoms with E-state index in [-0.39, 0.29) is 29.2 Å². The summed E-state index contributed by atoms with van der Waals surface area (Å²) >= 11 is 0. The number of hydrogen-bond donors (Lipinski definition) is 1. The van der Waals surface area contributed by atoms with Crippen LogP contribution in [0.5, 0.6) is 11.5 Å². The Bertz CT molecular complexity index is 750. The van der Waals surface area contributed by atoms with Crippen molar-refractivity contribution < 1.29 is 24.2 Å². The van der Waals surface area contributed by atoms with Gasteiger partial charge in [0.15, 0.2) is 12.9 Å². The fourth-order valence-electron chi connectivity index (χ4n) is 1.90. The molecule has 0 fully saturated rings. The molecule has 0 aliphatic rings. The third-order valence-electron chi connectivity index (χ3n) is 2.94. The molecule has 0 aliphatic carbocycles. The van der Waals surface area contributed by atoms with Crippen LogP contribution in [0.25, 0.3) is 0 Å². The summed E-state index contributed by atoms with van der Waals surface area (Å²) in [6.07, 6.45) is 0.513. The van der Waals surface area contributed by atoms with Gasteiger partial charge in [-0.3, -0.25) is 4.79 Å². The smallest absolute Gasteiger partial charge is 0.341 e. The fourth-order valence-corrected chi connectivity index (χ4v) is 1.90. The van der Waals surface area contributed by atoms with E-state index in [0.29, 0.717) is 6.29 Å². The van der Waals surface area contributed by atoms with Crippen molar-refractivity contribution >= 4 is 12.3 Å². The Kier molecular flexibility index (Phi) is 5.31. The normalized spacial score (nSPS) is 9.70. The van der Waals surface area contributed by atoms with Crippen molar-refractivity contribution in [2.24, 2.45) is 0 Å². The van der Waals surface area contributed by atoms with E-state index in [1.807, 2.05) is 36.4 Å². The first kappa shape index (κ1) is 16.0. The van der Waals surface area contributed by atoms with Crippen molar-refractivity contribution in [2.75, 3.05) is 6.61 Å². The summed E-state index contributed by atoms with van der Waals surface area (Å²) in [7, 11) is 0. The van der Waals surface area contributed by atoms with Crippen molar-refractivity contribution in [3.05, 3.63) is 59.2 Å². The van der Waals surface area contributed by atoms with Crippen LogP contribution in [0.15, 0.2) is 42.5 Å². The molecule has 116 valence electrons. The monoisotopic (exact) mass is 311 g/mol. The van der Waals surface area contributed by atoms with Gasteiger partial charge in [-0.05, 0) is 17.7 Å². The average molecular weight is 311 g/mol. The maximum absolute atomic E-state index is 11.3. The van der Waals surface area contributed by atoms with E-state index < -0.39 is 12.6 Å². The number of carbonyl (C=O) groups excluding carboxylic acids is 1. The number of aldehydes is 1. The fraction of sp³-hybridized carbons (Fsp3) is 0.118. The third-order valence-corrected chi connectivity index (χ3v) is 2.94. The Morgan fingerprint density at radius 1 is 1.17 bits per heavy atom. The lowest BCUT2D eigenvalue weighted by Gasteiger charge is -2.13. The first-order chi connectivity index (χ1) is 11.1. The zero-order valence-electron chi connectivity index (χ0n) is 12.1. The number of rotatable bonds is 7. The number of aliphatic carboxylic acids is 1. The number of carboxylic acid groups (broad SMARTS) is 1. The second kappa shape index (κ2) is 7.61. The van der Waals surface area contributed by atoms with Crippen LogP contribution in [0, 0.1) is 11.3 Å². The van der Waals surface area contributed by atoms with E-state index in [4.69, 9.17) is 19.8 Å². The minimum absolute atomic E-state index is 0.00418. The summed E-state index contributed by atoms with van der Waals surface area (Å²) in [5.74, 6) is -1.01. The second-order valence-corrected chi connectivity index (χ2v) is 4.57. The lowest BCUT2D eigenvalue weighted by atomic mass is 10.1. The van der Waals surface area contributed by atoms with Gasteiger partial charge >= 0.3 is 5.97 Å². The Morgan fingerprint density at radius 2 is 1.83 bits per heavy atom. The summed E-state index contributed by atoms with van der Waals surface area (Å²) in [6.45, 7) is -0.414. The summed E-state index contributed by atoms with van der Waals surface area (Å²) in [5.41, 5.74) is 1.17. The molecule has 0 atom stereocenters. The van der Waals surface area contributed by atoms with Gasteiger partial charge in [0, 0.05) is 0 Å². The van der Waals surface area contributed by atoms with Crippen LogP contribution in [-0.2, 0) is 11.4 Å². The molecular weight excluding hydrogens is 298 g/mol. The van der Waals surface area contributed by atoms with Gasteiger partial charge in [-0.15, -0.1) is 0 Å². The van der Waals surface area contributed by atoms with Crippen molar-refractivity contribution in [3.63, 3.8) is 0 Å². The van der Waals surface area contributed by atoms with Gasteiger partial charge in [-0.25, -0.2) is 4.79 Å². The van der Waals surface area contributed by atoms with E-state index >= 15 is 0 Å². The molecule has 0 aliphatic heterocycles. The number of benzene rings is 2. The summed E-state index contributed by atoms with van der Waals surface area (Å²) in [5, 5.41) is 17.7. The molecule has 23 heavy (non-hydrogen) atoms. The summed E-state index contributed by atoms with van der Waals surface area (Å²) < 4.78 is 10.7. The molecule has 6 heteroatoms. The van der Waals surface area contributed by atoms with Gasteiger partial charge in [0.05, 0.1) is 17.2 Å². The number of hydrogen-bond acceptors (Lipinski definition) is 5. The number of nitriles is 1. The quantitative estimate of drug-likeness (QED) is 0.789. The molecule has 2 aromatic carbocycles. The number of carbonyl (C=O) groups is 2. The van der Waals surface area contributed by atoms with E-state index in [1.165, 1.54) is 12.1 Å². The highest BCUT2D eigenvalue weighted by Crippen LogP contribution is 2.30. The maximum Gasteiger partial charge on any atom is 0.341 e. The third kappa shape index (κ3) is 4.32. The van der Waals surface area contributed by atoms with Crippen LogP contribution in [0.4, 0.5) is 0 Å². The van der Waals surface area contributed by atoms with Crippen LogP contribution in [0.1, 0.15) is 21.5 Å². The van der Waals surface area contributed by atoms with E-state index in [9.17, 15) is 9.59 Å². The molecule has 2 aromatic rings. The molecule has 2 rings (SSSR count). The van der Waals surface area contributed by atoms with Gasteiger partial charge < -0.3 is 14.6 Å². The number of nitrogens with zero attached hydrogens (tertiary/aromatic N) is 1. The molecule has 0 bridgehead atoms. The van der Waals surface area contributed by atoms with Gasteiger partial charge in [0.1, 0.15) is 18.1 Å². The molecule has 0 unspecified atom stereocenters. The van der Waals surface area contributed by atoms with Crippen LogP contribution in [-0.4, -0.2) is 24.0 Å². The Balaban J connectivity index is 2.29. The summed E-state index contributed by atoms with van der Waals surface area (Å²) in [6, 6.07) is 13.9. The van der Waals surface area contributed by atoms with Gasteiger partial charge in [-0.2, -0.15) is 5.26 Å². The Hall–Kier alpha value is -3.33. The first-order valence-corrected chi connectivity index (χ1v) is 6.68. The van der Waals surface area contributed by atoms with E-state index in [0.717, 1.165) is 5.56 Å². The van der Waals surface area contributed by atoms with Gasteiger partial charge in [0.2, 0.25) is 0 Å². The molecule has 1 N–H and O–H groups in total. The standard InChI is InChI=1S/C17H13NO5/c18-8-13-6-15(22-10-12-4-2-1-3-5-12)14(9-19)16(7-13)23-11-17(20)21/h1-7,9H,10-11H2,(H,20,21). The van der Waals surface area contributed by atoms with Gasteiger partial charge in [0.25, 0.3) is 0 Å². The SMILES string of the molecule is N#Cc1cc(OCC(=O)O)c(C=O)c(OCc2ccccc2)c1. The molecule has 0 spiro atoms. The predicted molar refractivity (Wildman–Crippen MR) is 80.4 cm³/mol. The topological polar surface area (TPSA) is 96.6 Å². The van der Waals surface area contributed by atoms with E-state index in [2.05, 4.69) is 0 Å². The van der Waals surface area contributed by atoms with Crippen molar-refractivity contribution in [2.45, 2.75) is 6.61 Å². The molecular formula is C17H13NO5. The van der Waals surface area contributed by atoms with Crippen LogP contribution in [0.2, 0.25) is 0 Å². The highest BCUT2D eigenvalue weighted by Gasteiger charge is 2.14. The van der Waals surface area contributed by atoms with Crippen molar-refractivity contribution in [3.8, 4) is 17.6 Å². The van der Waals surface area contributed by atoms with Crippen LogP contribution >= 0.6 is 0 Å². The first-order valence-electron chi connectivity index (χ1n) is 6.68. The minimum Gasteiger partial charge on any atom is -0.488 e. The zero-order chi connectivity index (χ0) is 16.7. The van der Waals surface area contributed by atoms with Crippen LogP contribution in [0.3, 0.4) is 0 Å². The minimum atomic E-state index is -1.18. The molecule has 0 heterocycles. The van der Waals surface area contributed by atoms with Crippen molar-refractivity contribution in [1.82, 2.24) is 0 Å². The average Bonchev–Trinajstić information content (AvgIpc) is 2.58. The second-order valence-electron chi connectivity index (χ2n) is 4.57. The zero-order valence-corrected chi connectivity index (χ0v) is 12.1. The molecule has 0 aromatic heterocycles. The lowest BCUT2D eigenvalue weighted by Crippen LogP contribution is -2.11. The van der Waals surface area contributed by atoms with Crippen molar-refractivity contribution in [1.29, 1.82) is 5.26 Å². The molecule has 0 saturated carbocycles. The predicted octanol–water partition coefficient (Wildman–Crippen LogP) is 2.41. The largest absolute Gasteiger partial charge is 0.488 e. The highest BCUT2D eigenvalue weighted by molar-refractivity contribution is 5.84. The van der Waals surface area contributed by atoms with Crippen LogP contribution < -0.4 is 9.47 Å². The summed E-state index contributed by atoms with van der Waals surface area (Å²) in [4.78, 5) is 21.9. The molecule has 6 nitrogen and oxygen atoms in total. The van der Waals surface area contributed by atoms with E-state index in [1.54, 1.807) is 0 Å². The maximum atomic E-state index is 11.3. The molecule has 0 saturated heterocycles.